The minimum atomic E-state index is -0.152. The second kappa shape index (κ2) is 6.70. The molecule has 106 valence electrons. The van der Waals surface area contributed by atoms with Crippen molar-refractivity contribution in [2.75, 3.05) is 5.32 Å². The van der Waals surface area contributed by atoms with Gasteiger partial charge >= 0.3 is 0 Å². The van der Waals surface area contributed by atoms with Crippen LogP contribution in [0.5, 0.6) is 0 Å². The first-order chi connectivity index (χ1) is 9.63. The number of anilines is 1. The fraction of sp³-hybridized carbons (Fsp3) is 0.333. The Labute approximate surface area is 127 Å². The highest BCUT2D eigenvalue weighted by Crippen LogP contribution is 2.21. The van der Waals surface area contributed by atoms with Crippen LogP contribution in [-0.4, -0.2) is 15.7 Å². The first-order valence-electron chi connectivity index (χ1n) is 6.70. The van der Waals surface area contributed by atoms with Crippen molar-refractivity contribution in [1.82, 2.24) is 9.78 Å². The van der Waals surface area contributed by atoms with E-state index in [1.54, 1.807) is 17.9 Å². The number of carbonyl (C=O) groups is 1. The van der Waals surface area contributed by atoms with Crippen molar-refractivity contribution in [3.63, 3.8) is 0 Å². The zero-order chi connectivity index (χ0) is 14.5. The van der Waals surface area contributed by atoms with Gasteiger partial charge in [-0.25, -0.2) is 0 Å². The standard InChI is InChI=1S/C15H18BrN3O/c1-3-4-7-11-8-5-6-9-13(11)18-15(20)14-12(16)10-17-19(14)2/h5-6,8-10H,3-4,7H2,1-2H3,(H,18,20). The van der Waals surface area contributed by atoms with Crippen molar-refractivity contribution in [3.8, 4) is 0 Å². The molecule has 0 atom stereocenters. The molecule has 2 rings (SSSR count). The van der Waals surface area contributed by atoms with Crippen LogP contribution in [-0.2, 0) is 13.5 Å². The van der Waals surface area contributed by atoms with Gasteiger partial charge in [0, 0.05) is 12.7 Å². The van der Waals surface area contributed by atoms with Crippen LogP contribution in [0.3, 0.4) is 0 Å². The van der Waals surface area contributed by atoms with Crippen molar-refractivity contribution in [2.45, 2.75) is 26.2 Å². The summed E-state index contributed by atoms with van der Waals surface area (Å²) < 4.78 is 2.26. The Morgan fingerprint density at radius 1 is 1.40 bits per heavy atom. The van der Waals surface area contributed by atoms with Crippen LogP contribution in [0.1, 0.15) is 35.8 Å². The molecule has 0 spiro atoms. The molecule has 0 saturated carbocycles. The normalized spacial score (nSPS) is 10.6. The van der Waals surface area contributed by atoms with Gasteiger partial charge in [-0.2, -0.15) is 5.10 Å². The Hall–Kier alpha value is -1.62. The maximum absolute atomic E-state index is 12.3. The van der Waals surface area contributed by atoms with Gasteiger partial charge in [-0.05, 0) is 40.4 Å². The van der Waals surface area contributed by atoms with E-state index in [-0.39, 0.29) is 5.91 Å². The highest BCUT2D eigenvalue weighted by molar-refractivity contribution is 9.10. The molecule has 1 aromatic carbocycles. The molecule has 0 aliphatic carbocycles. The number of hydrogen-bond donors (Lipinski definition) is 1. The van der Waals surface area contributed by atoms with Gasteiger partial charge in [-0.15, -0.1) is 0 Å². The van der Waals surface area contributed by atoms with Crippen molar-refractivity contribution in [1.29, 1.82) is 0 Å². The highest BCUT2D eigenvalue weighted by atomic mass is 79.9. The second-order valence-electron chi connectivity index (χ2n) is 4.68. The third-order valence-corrected chi connectivity index (χ3v) is 3.75. The predicted octanol–water partition coefficient (Wildman–Crippen LogP) is 3.78. The molecule has 5 heteroatoms. The number of benzene rings is 1. The number of amides is 1. The summed E-state index contributed by atoms with van der Waals surface area (Å²) in [6.07, 6.45) is 4.84. The van der Waals surface area contributed by atoms with Crippen LogP contribution in [0.15, 0.2) is 34.9 Å². The lowest BCUT2D eigenvalue weighted by molar-refractivity contribution is 0.101. The van der Waals surface area contributed by atoms with Gasteiger partial charge in [-0.1, -0.05) is 31.5 Å². The first-order valence-corrected chi connectivity index (χ1v) is 7.49. The SMILES string of the molecule is CCCCc1ccccc1NC(=O)c1c(Br)cnn1C. The Morgan fingerprint density at radius 3 is 2.80 bits per heavy atom. The Balaban J connectivity index is 2.20. The number of aromatic nitrogens is 2. The molecule has 2 aromatic rings. The molecule has 0 unspecified atom stereocenters. The number of para-hydroxylation sites is 1. The van der Waals surface area contributed by atoms with Gasteiger partial charge in [0.1, 0.15) is 5.69 Å². The summed E-state index contributed by atoms with van der Waals surface area (Å²) in [6.45, 7) is 2.16. The van der Waals surface area contributed by atoms with Crippen molar-refractivity contribution in [3.05, 3.63) is 46.2 Å². The number of rotatable bonds is 5. The lowest BCUT2D eigenvalue weighted by Crippen LogP contribution is -2.17. The quantitative estimate of drug-likeness (QED) is 0.903. The molecular formula is C15H18BrN3O. The van der Waals surface area contributed by atoms with Gasteiger partial charge in [0.25, 0.3) is 5.91 Å². The molecule has 1 amide bonds. The predicted molar refractivity (Wildman–Crippen MR) is 83.9 cm³/mol. The maximum atomic E-state index is 12.3. The van der Waals surface area contributed by atoms with E-state index in [1.165, 1.54) is 5.56 Å². The monoisotopic (exact) mass is 335 g/mol. The van der Waals surface area contributed by atoms with E-state index in [2.05, 4.69) is 39.3 Å². The van der Waals surface area contributed by atoms with Gasteiger partial charge < -0.3 is 5.32 Å². The number of unbranched alkanes of at least 4 members (excludes halogenated alkanes) is 1. The van der Waals surface area contributed by atoms with Crippen LogP contribution in [0.4, 0.5) is 5.69 Å². The maximum Gasteiger partial charge on any atom is 0.275 e. The molecule has 1 aromatic heterocycles. The van der Waals surface area contributed by atoms with Crippen LogP contribution in [0.2, 0.25) is 0 Å². The zero-order valence-electron chi connectivity index (χ0n) is 11.7. The summed E-state index contributed by atoms with van der Waals surface area (Å²) in [6, 6.07) is 7.93. The lowest BCUT2D eigenvalue weighted by atomic mass is 10.1. The minimum absolute atomic E-state index is 0.152. The number of halogens is 1. The van der Waals surface area contributed by atoms with Crippen molar-refractivity contribution in [2.24, 2.45) is 7.05 Å². The average Bonchev–Trinajstić information content (AvgIpc) is 2.77. The lowest BCUT2D eigenvalue weighted by Gasteiger charge is -2.11. The van der Waals surface area contributed by atoms with E-state index in [0.717, 1.165) is 24.9 Å². The third kappa shape index (κ3) is 3.28. The van der Waals surface area contributed by atoms with E-state index in [1.807, 2.05) is 18.2 Å². The number of aryl methyl sites for hydroxylation is 2. The van der Waals surface area contributed by atoms with E-state index in [4.69, 9.17) is 0 Å². The molecular weight excluding hydrogens is 318 g/mol. The van der Waals surface area contributed by atoms with Crippen LogP contribution >= 0.6 is 15.9 Å². The molecule has 0 bridgehead atoms. The van der Waals surface area contributed by atoms with Crippen LogP contribution in [0.25, 0.3) is 0 Å². The molecule has 1 N–H and O–H groups in total. The molecule has 1 heterocycles. The summed E-state index contributed by atoms with van der Waals surface area (Å²) in [7, 11) is 1.75. The van der Waals surface area contributed by atoms with E-state index in [0.29, 0.717) is 10.2 Å². The zero-order valence-corrected chi connectivity index (χ0v) is 13.3. The summed E-state index contributed by atoms with van der Waals surface area (Å²) in [5.74, 6) is -0.152. The second-order valence-corrected chi connectivity index (χ2v) is 5.53. The average molecular weight is 336 g/mol. The highest BCUT2D eigenvalue weighted by Gasteiger charge is 2.16. The molecule has 4 nitrogen and oxygen atoms in total. The molecule has 20 heavy (non-hydrogen) atoms. The number of hydrogen-bond acceptors (Lipinski definition) is 2. The Bertz CT molecular complexity index is 587. The number of nitrogens with zero attached hydrogens (tertiary/aromatic N) is 2. The summed E-state index contributed by atoms with van der Waals surface area (Å²) >= 11 is 3.35. The van der Waals surface area contributed by atoms with E-state index in [9.17, 15) is 4.79 Å². The first kappa shape index (κ1) is 14.8. The summed E-state index contributed by atoms with van der Waals surface area (Å²) in [5.41, 5.74) is 2.57. The van der Waals surface area contributed by atoms with Crippen LogP contribution < -0.4 is 5.32 Å². The summed E-state index contributed by atoms with van der Waals surface area (Å²) in [4.78, 5) is 12.3. The third-order valence-electron chi connectivity index (χ3n) is 3.17. The fourth-order valence-electron chi connectivity index (χ4n) is 2.08. The van der Waals surface area contributed by atoms with E-state index >= 15 is 0 Å². The van der Waals surface area contributed by atoms with Gasteiger partial charge in [0.05, 0.1) is 10.7 Å². The molecule has 0 fully saturated rings. The fourth-order valence-corrected chi connectivity index (χ4v) is 2.60. The Morgan fingerprint density at radius 2 is 2.15 bits per heavy atom. The van der Waals surface area contributed by atoms with Gasteiger partial charge in [-0.3, -0.25) is 9.48 Å². The van der Waals surface area contributed by atoms with Gasteiger partial charge in [0.2, 0.25) is 0 Å². The van der Waals surface area contributed by atoms with Crippen LogP contribution in [0, 0.1) is 0 Å². The smallest absolute Gasteiger partial charge is 0.275 e. The number of nitrogens with one attached hydrogen (secondary N) is 1. The topological polar surface area (TPSA) is 46.9 Å². The minimum Gasteiger partial charge on any atom is -0.320 e. The van der Waals surface area contributed by atoms with E-state index < -0.39 is 0 Å². The summed E-state index contributed by atoms with van der Waals surface area (Å²) in [5, 5.41) is 7.03. The molecule has 0 aliphatic heterocycles. The Kier molecular flexibility index (Phi) is 4.95. The van der Waals surface area contributed by atoms with Gasteiger partial charge in [0.15, 0.2) is 0 Å². The molecule has 0 aliphatic rings. The molecule has 0 radical (unpaired) electrons. The van der Waals surface area contributed by atoms with Crippen molar-refractivity contribution < 1.29 is 4.79 Å². The number of carbonyl (C=O) groups excluding carboxylic acids is 1. The molecule has 0 saturated heterocycles. The van der Waals surface area contributed by atoms with Crippen molar-refractivity contribution >= 4 is 27.5 Å². The largest absolute Gasteiger partial charge is 0.320 e.